The summed E-state index contributed by atoms with van der Waals surface area (Å²) in [6.45, 7) is 1.56. The van der Waals surface area contributed by atoms with E-state index in [9.17, 15) is 13.2 Å². The number of hydrogen-bond acceptors (Lipinski definition) is 3. The maximum absolute atomic E-state index is 11.8. The van der Waals surface area contributed by atoms with Crippen LogP contribution in [0.3, 0.4) is 0 Å². The number of rotatable bonds is 4. The van der Waals surface area contributed by atoms with Crippen molar-refractivity contribution in [2.24, 2.45) is 0 Å². The summed E-state index contributed by atoms with van der Waals surface area (Å²) in [7, 11) is -0.527. The Morgan fingerprint density at radius 3 is 2.17 bits per heavy atom. The van der Waals surface area contributed by atoms with Crippen LogP contribution >= 0.6 is 11.6 Å². The molecular formula is C11H15ClN2O3S. The molecule has 0 radical (unpaired) electrons. The highest BCUT2D eigenvalue weighted by molar-refractivity contribution is 7.89. The average molecular weight is 291 g/mol. The number of carbonyl (C=O) groups excluding carboxylic acids is 1. The minimum atomic E-state index is -3.44. The molecule has 0 saturated heterocycles. The van der Waals surface area contributed by atoms with Gasteiger partial charge in [0.05, 0.1) is 4.90 Å². The van der Waals surface area contributed by atoms with Gasteiger partial charge in [0.1, 0.15) is 5.38 Å². The van der Waals surface area contributed by atoms with Gasteiger partial charge in [-0.05, 0) is 31.2 Å². The van der Waals surface area contributed by atoms with Crippen molar-refractivity contribution in [3.05, 3.63) is 24.3 Å². The SMILES string of the molecule is CC(Cl)C(=O)Nc1ccc(S(=O)(=O)N(C)C)cc1. The van der Waals surface area contributed by atoms with Crippen LogP contribution in [0, 0.1) is 0 Å². The number of alkyl halides is 1. The summed E-state index contributed by atoms with van der Waals surface area (Å²) in [5.74, 6) is -0.333. The molecule has 1 atom stereocenters. The lowest BCUT2D eigenvalue weighted by Crippen LogP contribution is -2.22. The Balaban J connectivity index is 2.91. The lowest BCUT2D eigenvalue weighted by Gasteiger charge is -2.12. The standard InChI is InChI=1S/C11H15ClN2O3S/c1-8(12)11(15)13-9-4-6-10(7-5-9)18(16,17)14(2)3/h4-8H,1-3H3,(H,13,15). The van der Waals surface area contributed by atoms with E-state index >= 15 is 0 Å². The summed E-state index contributed by atoms with van der Waals surface area (Å²) >= 11 is 5.61. The molecule has 1 aromatic carbocycles. The van der Waals surface area contributed by atoms with Crippen LogP contribution in [0.5, 0.6) is 0 Å². The number of anilines is 1. The first-order valence-electron chi connectivity index (χ1n) is 5.22. The molecule has 0 aliphatic rings. The Labute approximate surface area is 112 Å². The highest BCUT2D eigenvalue weighted by Gasteiger charge is 2.17. The highest BCUT2D eigenvalue weighted by Crippen LogP contribution is 2.16. The first-order valence-corrected chi connectivity index (χ1v) is 7.10. The summed E-state index contributed by atoms with van der Waals surface area (Å²) < 4.78 is 24.7. The van der Waals surface area contributed by atoms with Crippen molar-refractivity contribution >= 4 is 33.2 Å². The summed E-state index contributed by atoms with van der Waals surface area (Å²) in [5, 5.41) is 1.93. The van der Waals surface area contributed by atoms with Gasteiger partial charge < -0.3 is 5.32 Å². The summed E-state index contributed by atoms with van der Waals surface area (Å²) in [5.41, 5.74) is 0.505. The van der Waals surface area contributed by atoms with Crippen LogP contribution in [-0.4, -0.2) is 38.1 Å². The van der Waals surface area contributed by atoms with E-state index in [-0.39, 0.29) is 10.8 Å². The quantitative estimate of drug-likeness (QED) is 0.855. The molecule has 0 aliphatic heterocycles. The van der Waals surface area contributed by atoms with Gasteiger partial charge in [-0.1, -0.05) is 0 Å². The smallest absolute Gasteiger partial charge is 0.242 e. The van der Waals surface area contributed by atoms with Gasteiger partial charge in [-0.25, -0.2) is 12.7 Å². The molecule has 1 unspecified atom stereocenters. The molecule has 0 bridgehead atoms. The molecule has 0 spiro atoms. The second-order valence-electron chi connectivity index (χ2n) is 3.92. The zero-order valence-corrected chi connectivity index (χ0v) is 11.9. The zero-order chi connectivity index (χ0) is 13.9. The average Bonchev–Trinajstić information content (AvgIpc) is 2.29. The van der Waals surface area contributed by atoms with Crippen molar-refractivity contribution in [1.29, 1.82) is 0 Å². The summed E-state index contributed by atoms with van der Waals surface area (Å²) in [4.78, 5) is 11.5. The van der Waals surface area contributed by atoms with Crippen LogP contribution in [0.1, 0.15) is 6.92 Å². The van der Waals surface area contributed by atoms with Crippen LogP contribution in [0.2, 0.25) is 0 Å². The van der Waals surface area contributed by atoms with Crippen molar-refractivity contribution in [3.63, 3.8) is 0 Å². The summed E-state index contributed by atoms with van der Waals surface area (Å²) in [6.07, 6.45) is 0. The third kappa shape index (κ3) is 3.44. The molecule has 18 heavy (non-hydrogen) atoms. The van der Waals surface area contributed by atoms with E-state index in [1.54, 1.807) is 6.92 Å². The van der Waals surface area contributed by atoms with Crippen molar-refractivity contribution < 1.29 is 13.2 Å². The number of benzene rings is 1. The van der Waals surface area contributed by atoms with Crippen molar-refractivity contribution in [2.45, 2.75) is 17.2 Å². The minimum Gasteiger partial charge on any atom is -0.325 e. The van der Waals surface area contributed by atoms with Crippen LogP contribution in [0.4, 0.5) is 5.69 Å². The fourth-order valence-corrected chi connectivity index (χ4v) is 2.12. The maximum Gasteiger partial charge on any atom is 0.242 e. The van der Waals surface area contributed by atoms with Crippen molar-refractivity contribution in [3.8, 4) is 0 Å². The van der Waals surface area contributed by atoms with E-state index in [4.69, 9.17) is 11.6 Å². The fourth-order valence-electron chi connectivity index (χ4n) is 1.16. The largest absolute Gasteiger partial charge is 0.325 e. The minimum absolute atomic E-state index is 0.171. The van der Waals surface area contributed by atoms with Crippen molar-refractivity contribution in [1.82, 2.24) is 4.31 Å². The number of carbonyl (C=O) groups is 1. The van der Waals surface area contributed by atoms with Gasteiger partial charge in [-0.3, -0.25) is 4.79 Å². The van der Waals surface area contributed by atoms with Crippen molar-refractivity contribution in [2.75, 3.05) is 19.4 Å². The van der Waals surface area contributed by atoms with Gasteiger partial charge in [-0.15, -0.1) is 11.6 Å². The van der Waals surface area contributed by atoms with E-state index < -0.39 is 15.4 Å². The molecular weight excluding hydrogens is 276 g/mol. The predicted molar refractivity (Wildman–Crippen MR) is 71.3 cm³/mol. The lowest BCUT2D eigenvalue weighted by atomic mass is 10.3. The lowest BCUT2D eigenvalue weighted by molar-refractivity contribution is -0.115. The van der Waals surface area contributed by atoms with Crippen LogP contribution in [-0.2, 0) is 14.8 Å². The summed E-state index contributed by atoms with van der Waals surface area (Å²) in [6, 6.07) is 5.91. The number of halogens is 1. The number of amides is 1. The maximum atomic E-state index is 11.8. The van der Waals surface area contributed by atoms with Gasteiger partial charge in [0, 0.05) is 19.8 Å². The van der Waals surface area contributed by atoms with E-state index in [0.29, 0.717) is 5.69 Å². The van der Waals surface area contributed by atoms with Gasteiger partial charge in [0.25, 0.3) is 0 Å². The van der Waals surface area contributed by atoms with Crippen LogP contribution < -0.4 is 5.32 Å². The van der Waals surface area contributed by atoms with E-state index in [0.717, 1.165) is 4.31 Å². The first-order chi connectivity index (χ1) is 8.25. The fraction of sp³-hybridized carbons (Fsp3) is 0.364. The third-order valence-corrected chi connectivity index (χ3v) is 4.29. The second kappa shape index (κ2) is 5.69. The molecule has 7 heteroatoms. The van der Waals surface area contributed by atoms with Gasteiger partial charge in [0.15, 0.2) is 0 Å². The predicted octanol–water partition coefficient (Wildman–Crippen LogP) is 1.50. The van der Waals surface area contributed by atoms with Gasteiger partial charge in [-0.2, -0.15) is 0 Å². The van der Waals surface area contributed by atoms with E-state index in [1.165, 1.54) is 38.4 Å². The zero-order valence-electron chi connectivity index (χ0n) is 10.3. The molecule has 5 nitrogen and oxygen atoms in total. The molecule has 1 N–H and O–H groups in total. The van der Waals surface area contributed by atoms with Crippen LogP contribution in [0.15, 0.2) is 29.2 Å². The molecule has 0 saturated carbocycles. The van der Waals surface area contributed by atoms with E-state index in [2.05, 4.69) is 5.32 Å². The molecule has 1 amide bonds. The second-order valence-corrected chi connectivity index (χ2v) is 6.72. The Morgan fingerprint density at radius 1 is 1.28 bits per heavy atom. The third-order valence-electron chi connectivity index (χ3n) is 2.26. The molecule has 0 aliphatic carbocycles. The number of sulfonamides is 1. The Hall–Kier alpha value is -1.11. The molecule has 1 rings (SSSR count). The number of nitrogens with one attached hydrogen (secondary N) is 1. The van der Waals surface area contributed by atoms with Gasteiger partial charge in [0.2, 0.25) is 15.9 Å². The monoisotopic (exact) mass is 290 g/mol. The molecule has 0 aromatic heterocycles. The normalized spacial score (nSPS) is 13.4. The number of hydrogen-bond donors (Lipinski definition) is 1. The number of nitrogens with zero attached hydrogens (tertiary/aromatic N) is 1. The molecule has 0 fully saturated rings. The molecule has 0 heterocycles. The molecule has 1 aromatic rings. The van der Waals surface area contributed by atoms with E-state index in [1.807, 2.05) is 0 Å². The first kappa shape index (κ1) is 14.9. The molecule has 100 valence electrons. The highest BCUT2D eigenvalue weighted by atomic mass is 35.5. The topological polar surface area (TPSA) is 66.5 Å². The van der Waals surface area contributed by atoms with Gasteiger partial charge >= 0.3 is 0 Å². The Kier molecular flexibility index (Phi) is 4.72. The Bertz CT molecular complexity index is 524. The van der Waals surface area contributed by atoms with Crippen LogP contribution in [0.25, 0.3) is 0 Å². The Morgan fingerprint density at radius 2 is 1.78 bits per heavy atom.